The standard InChI is InChI=1S/C13H16F2N2O/c14-9-5-4-7-10(12(9)15)17-13(18)11-6-2-1-3-8-16-11/h4-5,7,11,16H,1-3,6,8H2,(H,17,18). The monoisotopic (exact) mass is 254 g/mol. The zero-order valence-electron chi connectivity index (χ0n) is 10.0. The van der Waals surface area contributed by atoms with E-state index in [9.17, 15) is 13.6 Å². The number of rotatable bonds is 2. The molecule has 1 atom stereocenters. The number of carbonyl (C=O) groups excluding carboxylic acids is 1. The van der Waals surface area contributed by atoms with E-state index in [-0.39, 0.29) is 17.6 Å². The highest BCUT2D eigenvalue weighted by Crippen LogP contribution is 2.17. The summed E-state index contributed by atoms with van der Waals surface area (Å²) in [5.41, 5.74) is -0.106. The van der Waals surface area contributed by atoms with E-state index in [1.54, 1.807) is 0 Å². The molecule has 5 heteroatoms. The van der Waals surface area contributed by atoms with Gasteiger partial charge in [-0.15, -0.1) is 0 Å². The van der Waals surface area contributed by atoms with Gasteiger partial charge in [-0.2, -0.15) is 0 Å². The minimum absolute atomic E-state index is 0.106. The molecule has 0 spiro atoms. The molecule has 0 saturated carbocycles. The lowest BCUT2D eigenvalue weighted by molar-refractivity contribution is -0.118. The second-order valence-electron chi connectivity index (χ2n) is 4.45. The number of benzene rings is 1. The summed E-state index contributed by atoms with van der Waals surface area (Å²) in [7, 11) is 0. The Balaban J connectivity index is 2.03. The number of nitrogens with one attached hydrogen (secondary N) is 2. The summed E-state index contributed by atoms with van der Waals surface area (Å²) in [6.45, 7) is 0.781. The highest BCUT2D eigenvalue weighted by molar-refractivity contribution is 5.94. The molecule has 1 unspecified atom stereocenters. The lowest BCUT2D eigenvalue weighted by atomic mass is 10.1. The van der Waals surface area contributed by atoms with Gasteiger partial charge in [-0.05, 0) is 31.5 Å². The van der Waals surface area contributed by atoms with Gasteiger partial charge in [0.05, 0.1) is 11.7 Å². The molecule has 1 fully saturated rings. The van der Waals surface area contributed by atoms with E-state index in [0.29, 0.717) is 0 Å². The Morgan fingerprint density at radius 3 is 2.94 bits per heavy atom. The highest BCUT2D eigenvalue weighted by Gasteiger charge is 2.20. The zero-order chi connectivity index (χ0) is 13.0. The molecule has 18 heavy (non-hydrogen) atoms. The minimum atomic E-state index is -1.01. The van der Waals surface area contributed by atoms with Crippen LogP contribution in [0.5, 0.6) is 0 Å². The molecule has 0 aromatic heterocycles. The summed E-state index contributed by atoms with van der Waals surface area (Å²) in [5, 5.41) is 5.54. The van der Waals surface area contributed by atoms with Crippen molar-refractivity contribution in [3.63, 3.8) is 0 Å². The molecule has 1 amide bonds. The van der Waals surface area contributed by atoms with Gasteiger partial charge in [0, 0.05) is 0 Å². The number of anilines is 1. The van der Waals surface area contributed by atoms with Crippen LogP contribution < -0.4 is 10.6 Å². The highest BCUT2D eigenvalue weighted by atomic mass is 19.2. The maximum atomic E-state index is 13.4. The summed E-state index contributed by atoms with van der Waals surface area (Å²) in [4.78, 5) is 11.9. The van der Waals surface area contributed by atoms with Crippen molar-refractivity contribution in [1.82, 2.24) is 5.32 Å². The maximum absolute atomic E-state index is 13.4. The Labute approximate surface area is 105 Å². The third-order valence-corrected chi connectivity index (χ3v) is 3.09. The summed E-state index contributed by atoms with van der Waals surface area (Å²) >= 11 is 0. The summed E-state index contributed by atoms with van der Waals surface area (Å²) < 4.78 is 26.4. The van der Waals surface area contributed by atoms with E-state index >= 15 is 0 Å². The summed E-state index contributed by atoms with van der Waals surface area (Å²) in [5.74, 6) is -2.28. The van der Waals surface area contributed by atoms with Crippen LogP contribution in [0.4, 0.5) is 14.5 Å². The Kier molecular flexibility index (Phi) is 4.25. The van der Waals surface area contributed by atoms with Gasteiger partial charge in [0.1, 0.15) is 0 Å². The Bertz CT molecular complexity index is 429. The van der Waals surface area contributed by atoms with Crippen molar-refractivity contribution in [3.05, 3.63) is 29.8 Å². The third-order valence-electron chi connectivity index (χ3n) is 3.09. The molecule has 1 aliphatic rings. The molecular formula is C13H16F2N2O. The van der Waals surface area contributed by atoms with Crippen LogP contribution >= 0.6 is 0 Å². The molecule has 0 bridgehead atoms. The summed E-state index contributed by atoms with van der Waals surface area (Å²) in [6, 6.07) is 3.42. The van der Waals surface area contributed by atoms with Gasteiger partial charge in [0.25, 0.3) is 0 Å². The van der Waals surface area contributed by atoms with Crippen molar-refractivity contribution in [1.29, 1.82) is 0 Å². The smallest absolute Gasteiger partial charge is 0.241 e. The van der Waals surface area contributed by atoms with Gasteiger partial charge in [0.15, 0.2) is 11.6 Å². The lowest BCUT2D eigenvalue weighted by Crippen LogP contribution is -2.40. The topological polar surface area (TPSA) is 41.1 Å². The number of carbonyl (C=O) groups is 1. The van der Waals surface area contributed by atoms with Crippen LogP contribution in [0.2, 0.25) is 0 Å². The normalized spacial score (nSPS) is 20.2. The van der Waals surface area contributed by atoms with E-state index in [0.717, 1.165) is 38.3 Å². The fraction of sp³-hybridized carbons (Fsp3) is 0.462. The number of hydrogen-bond donors (Lipinski definition) is 2. The Hall–Kier alpha value is -1.49. The van der Waals surface area contributed by atoms with Gasteiger partial charge >= 0.3 is 0 Å². The second-order valence-corrected chi connectivity index (χ2v) is 4.45. The van der Waals surface area contributed by atoms with Crippen LogP contribution in [0.25, 0.3) is 0 Å². The van der Waals surface area contributed by atoms with Gasteiger partial charge in [-0.25, -0.2) is 8.78 Å². The van der Waals surface area contributed by atoms with E-state index in [4.69, 9.17) is 0 Å². The van der Waals surface area contributed by atoms with E-state index in [1.165, 1.54) is 12.1 Å². The van der Waals surface area contributed by atoms with E-state index < -0.39 is 11.6 Å². The van der Waals surface area contributed by atoms with Crippen LogP contribution in [0, 0.1) is 11.6 Å². The first kappa shape index (κ1) is 13.0. The first-order chi connectivity index (χ1) is 8.68. The predicted octanol–water partition coefficient (Wildman–Crippen LogP) is 2.44. The van der Waals surface area contributed by atoms with Crippen LogP contribution in [0.3, 0.4) is 0 Å². The molecular weight excluding hydrogens is 238 g/mol. The van der Waals surface area contributed by atoms with Crippen molar-refractivity contribution >= 4 is 11.6 Å². The quantitative estimate of drug-likeness (QED) is 0.851. The van der Waals surface area contributed by atoms with Crippen LogP contribution in [-0.2, 0) is 4.79 Å². The van der Waals surface area contributed by atoms with Crippen molar-refractivity contribution in [2.75, 3.05) is 11.9 Å². The van der Waals surface area contributed by atoms with Crippen molar-refractivity contribution < 1.29 is 13.6 Å². The summed E-state index contributed by atoms with van der Waals surface area (Å²) in [6.07, 6.45) is 3.82. The van der Waals surface area contributed by atoms with Gasteiger partial charge < -0.3 is 10.6 Å². The fourth-order valence-electron chi connectivity index (χ4n) is 2.07. The van der Waals surface area contributed by atoms with E-state index in [2.05, 4.69) is 10.6 Å². The largest absolute Gasteiger partial charge is 0.322 e. The number of halogens is 2. The Morgan fingerprint density at radius 2 is 2.11 bits per heavy atom. The number of hydrogen-bond acceptors (Lipinski definition) is 2. The third kappa shape index (κ3) is 3.04. The average molecular weight is 254 g/mol. The molecule has 1 aromatic rings. The molecule has 0 aliphatic carbocycles. The molecule has 1 aromatic carbocycles. The fourth-order valence-corrected chi connectivity index (χ4v) is 2.07. The maximum Gasteiger partial charge on any atom is 0.241 e. The van der Waals surface area contributed by atoms with Gasteiger partial charge in [-0.3, -0.25) is 4.79 Å². The zero-order valence-corrected chi connectivity index (χ0v) is 10.0. The van der Waals surface area contributed by atoms with Crippen LogP contribution in [-0.4, -0.2) is 18.5 Å². The first-order valence-electron chi connectivity index (χ1n) is 6.17. The number of amides is 1. The average Bonchev–Trinajstić information content (AvgIpc) is 2.63. The molecule has 3 nitrogen and oxygen atoms in total. The molecule has 2 rings (SSSR count). The molecule has 2 N–H and O–H groups in total. The minimum Gasteiger partial charge on any atom is -0.322 e. The molecule has 1 saturated heterocycles. The molecule has 98 valence electrons. The van der Waals surface area contributed by atoms with E-state index in [1.807, 2.05) is 0 Å². The molecule has 1 heterocycles. The van der Waals surface area contributed by atoms with Crippen LogP contribution in [0.15, 0.2) is 18.2 Å². The lowest BCUT2D eigenvalue weighted by Gasteiger charge is -2.15. The molecule has 0 radical (unpaired) electrons. The van der Waals surface area contributed by atoms with Gasteiger partial charge in [0.2, 0.25) is 5.91 Å². The Morgan fingerprint density at radius 1 is 1.28 bits per heavy atom. The van der Waals surface area contributed by atoms with Crippen molar-refractivity contribution in [2.24, 2.45) is 0 Å². The van der Waals surface area contributed by atoms with Crippen LogP contribution in [0.1, 0.15) is 25.7 Å². The van der Waals surface area contributed by atoms with Gasteiger partial charge in [-0.1, -0.05) is 18.9 Å². The van der Waals surface area contributed by atoms with Crippen molar-refractivity contribution in [3.8, 4) is 0 Å². The second kappa shape index (κ2) is 5.91. The first-order valence-corrected chi connectivity index (χ1v) is 6.17. The SMILES string of the molecule is O=C(Nc1cccc(F)c1F)C1CCCCCN1. The molecule has 1 aliphatic heterocycles. The van der Waals surface area contributed by atoms with Crippen molar-refractivity contribution in [2.45, 2.75) is 31.7 Å². The predicted molar refractivity (Wildman–Crippen MR) is 65.2 cm³/mol.